The molecule has 0 bridgehead atoms. The number of ether oxygens (including phenoxy) is 1. The van der Waals surface area contributed by atoms with Crippen LogP contribution in [0, 0.1) is 6.92 Å². The van der Waals surface area contributed by atoms with Crippen LogP contribution >= 0.6 is 11.8 Å². The van der Waals surface area contributed by atoms with Crippen molar-refractivity contribution in [3.63, 3.8) is 0 Å². The van der Waals surface area contributed by atoms with Gasteiger partial charge in [-0.3, -0.25) is 9.36 Å². The Morgan fingerprint density at radius 2 is 1.82 bits per heavy atom. The minimum Gasteiger partial charge on any atom is -0.465 e. The number of benzene rings is 1. The molecule has 0 aliphatic heterocycles. The summed E-state index contributed by atoms with van der Waals surface area (Å²) in [7, 11) is 0. The Morgan fingerprint density at radius 3 is 2.39 bits per heavy atom. The quantitative estimate of drug-likeness (QED) is 0.407. The number of aromatic nitrogens is 3. The van der Waals surface area contributed by atoms with Crippen LogP contribution < -0.4 is 0 Å². The molecule has 1 aromatic carbocycles. The molecule has 6 nitrogen and oxygen atoms in total. The maximum absolute atomic E-state index is 11.9. The molecule has 0 amide bonds. The number of thioether (sulfide) groups is 1. The molecule has 0 radical (unpaired) electrons. The lowest BCUT2D eigenvalue weighted by Gasteiger charge is -2.17. The van der Waals surface area contributed by atoms with Crippen molar-refractivity contribution in [2.24, 2.45) is 0 Å². The Hall–Kier alpha value is -2.54. The normalized spacial score (nSPS) is 11.0. The first-order valence-corrected chi connectivity index (χ1v) is 10.5. The lowest BCUT2D eigenvalue weighted by molar-refractivity contribution is -0.139. The van der Waals surface area contributed by atoms with E-state index in [4.69, 9.17) is 9.15 Å². The zero-order valence-electron chi connectivity index (χ0n) is 16.7. The van der Waals surface area contributed by atoms with E-state index in [0.717, 1.165) is 24.3 Å². The number of carbonyl (C=O) groups is 1. The van der Waals surface area contributed by atoms with E-state index in [1.54, 1.807) is 6.92 Å². The van der Waals surface area contributed by atoms with E-state index in [2.05, 4.69) is 42.2 Å². The minimum atomic E-state index is -0.267. The highest BCUT2D eigenvalue weighted by Gasteiger charge is 2.22. The van der Waals surface area contributed by atoms with E-state index in [1.807, 2.05) is 23.6 Å². The van der Waals surface area contributed by atoms with E-state index < -0.39 is 0 Å². The van der Waals surface area contributed by atoms with Gasteiger partial charge in [0.05, 0.1) is 18.0 Å². The summed E-state index contributed by atoms with van der Waals surface area (Å²) in [5.74, 6) is 2.01. The van der Waals surface area contributed by atoms with Crippen LogP contribution in [0.5, 0.6) is 0 Å². The number of furan rings is 1. The average Bonchev–Trinajstić information content (AvgIpc) is 3.31. The zero-order chi connectivity index (χ0) is 20.1. The second kappa shape index (κ2) is 9.10. The molecule has 0 N–H and O–H groups in total. The number of carbonyl (C=O) groups excluding carboxylic acids is 1. The van der Waals surface area contributed by atoms with Gasteiger partial charge in [0.15, 0.2) is 10.9 Å². The summed E-state index contributed by atoms with van der Waals surface area (Å²) in [6, 6.07) is 10.1. The zero-order valence-corrected chi connectivity index (χ0v) is 17.5. The number of hydrogen-bond donors (Lipinski definition) is 0. The molecule has 0 spiro atoms. The van der Waals surface area contributed by atoms with E-state index in [-0.39, 0.29) is 11.7 Å². The fourth-order valence-corrected chi connectivity index (χ4v) is 3.84. The maximum atomic E-state index is 11.9. The molecule has 0 unspecified atom stereocenters. The standard InChI is InChI=1S/C21H25N3O3S/c1-5-15-9-8-10-16(6-2)19(15)24-20(17-12-11-14(4)27-17)22-23-21(24)28-13-18(25)26-7-3/h8-12H,5-7,13H2,1-4H3. The van der Waals surface area contributed by atoms with E-state index in [9.17, 15) is 4.79 Å². The first-order valence-electron chi connectivity index (χ1n) is 9.50. The smallest absolute Gasteiger partial charge is 0.316 e. The fraction of sp³-hybridized carbons (Fsp3) is 0.381. The van der Waals surface area contributed by atoms with E-state index in [1.165, 1.54) is 22.9 Å². The van der Waals surface area contributed by atoms with Crippen molar-refractivity contribution < 1.29 is 13.9 Å². The SMILES string of the molecule is CCOC(=O)CSc1nnc(-c2ccc(C)o2)n1-c1c(CC)cccc1CC. The lowest BCUT2D eigenvalue weighted by Crippen LogP contribution is -2.10. The van der Waals surface area contributed by atoms with Gasteiger partial charge in [-0.1, -0.05) is 43.8 Å². The molecule has 148 valence electrons. The highest BCUT2D eigenvalue weighted by Crippen LogP contribution is 2.32. The van der Waals surface area contributed by atoms with Crippen LogP contribution in [0.3, 0.4) is 0 Å². The highest BCUT2D eigenvalue weighted by molar-refractivity contribution is 7.99. The second-order valence-corrected chi connectivity index (χ2v) is 7.22. The summed E-state index contributed by atoms with van der Waals surface area (Å²) in [6.07, 6.45) is 1.75. The van der Waals surface area contributed by atoms with Gasteiger partial charge in [0.25, 0.3) is 0 Å². The highest BCUT2D eigenvalue weighted by atomic mass is 32.2. The molecule has 0 aliphatic carbocycles. The molecule has 0 atom stereocenters. The predicted molar refractivity (Wildman–Crippen MR) is 110 cm³/mol. The summed E-state index contributed by atoms with van der Waals surface area (Å²) in [6.45, 7) is 8.32. The maximum Gasteiger partial charge on any atom is 0.316 e. The van der Waals surface area contributed by atoms with Crippen LogP contribution in [0.15, 0.2) is 39.9 Å². The number of aryl methyl sites for hydroxylation is 3. The summed E-state index contributed by atoms with van der Waals surface area (Å²) < 4.78 is 12.9. The number of nitrogens with zero attached hydrogens (tertiary/aromatic N) is 3. The van der Waals surface area contributed by atoms with Crippen molar-refractivity contribution in [1.82, 2.24) is 14.8 Å². The van der Waals surface area contributed by atoms with Crippen LogP contribution in [-0.2, 0) is 22.4 Å². The van der Waals surface area contributed by atoms with E-state index >= 15 is 0 Å². The monoisotopic (exact) mass is 399 g/mol. The molecular formula is C21H25N3O3S. The van der Waals surface area contributed by atoms with Crippen LogP contribution in [0.4, 0.5) is 0 Å². The van der Waals surface area contributed by atoms with Crippen molar-refractivity contribution in [3.05, 3.63) is 47.2 Å². The van der Waals surface area contributed by atoms with Gasteiger partial charge in [0.2, 0.25) is 5.82 Å². The molecule has 7 heteroatoms. The number of rotatable bonds is 8. The Balaban J connectivity index is 2.14. The van der Waals surface area contributed by atoms with Gasteiger partial charge in [0, 0.05) is 0 Å². The molecule has 0 fully saturated rings. The van der Waals surface area contributed by atoms with Crippen molar-refractivity contribution >= 4 is 17.7 Å². The molecule has 0 saturated carbocycles. The number of hydrogen-bond acceptors (Lipinski definition) is 6. The minimum absolute atomic E-state index is 0.179. The third-order valence-corrected chi connectivity index (χ3v) is 5.31. The van der Waals surface area contributed by atoms with Gasteiger partial charge in [-0.15, -0.1) is 10.2 Å². The Morgan fingerprint density at radius 1 is 1.11 bits per heavy atom. The van der Waals surface area contributed by atoms with Crippen LogP contribution in [0.2, 0.25) is 0 Å². The number of esters is 1. The van der Waals surface area contributed by atoms with Gasteiger partial charge in [-0.05, 0) is 49.9 Å². The first kappa shape index (κ1) is 20.2. The second-order valence-electron chi connectivity index (χ2n) is 6.28. The topological polar surface area (TPSA) is 70.2 Å². The molecule has 0 aliphatic rings. The first-order chi connectivity index (χ1) is 13.6. The van der Waals surface area contributed by atoms with Crippen LogP contribution in [0.25, 0.3) is 17.3 Å². The summed E-state index contributed by atoms with van der Waals surface area (Å²) in [5.41, 5.74) is 3.45. The van der Waals surface area contributed by atoms with Crippen molar-refractivity contribution in [3.8, 4) is 17.3 Å². The Labute approximate surface area is 169 Å². The van der Waals surface area contributed by atoms with Gasteiger partial charge in [-0.2, -0.15) is 0 Å². The molecule has 0 saturated heterocycles. The van der Waals surface area contributed by atoms with E-state index in [0.29, 0.717) is 23.3 Å². The summed E-state index contributed by atoms with van der Waals surface area (Å²) in [5, 5.41) is 9.41. The number of para-hydroxylation sites is 1. The molecule has 28 heavy (non-hydrogen) atoms. The molecule has 3 rings (SSSR count). The lowest BCUT2D eigenvalue weighted by atomic mass is 10.0. The predicted octanol–water partition coefficient (Wildman–Crippen LogP) is 4.62. The van der Waals surface area contributed by atoms with Crippen molar-refractivity contribution in [2.45, 2.75) is 45.7 Å². The van der Waals surface area contributed by atoms with Crippen molar-refractivity contribution in [2.75, 3.05) is 12.4 Å². The third-order valence-electron chi connectivity index (χ3n) is 4.41. The van der Waals surface area contributed by atoms with Gasteiger partial charge in [-0.25, -0.2) is 0 Å². The fourth-order valence-electron chi connectivity index (χ4n) is 3.11. The Kier molecular flexibility index (Phi) is 6.57. The average molecular weight is 400 g/mol. The Bertz CT molecular complexity index is 939. The molecule has 2 aromatic heterocycles. The largest absolute Gasteiger partial charge is 0.465 e. The summed E-state index contributed by atoms with van der Waals surface area (Å²) in [4.78, 5) is 11.9. The van der Waals surface area contributed by atoms with Gasteiger partial charge in [0.1, 0.15) is 5.76 Å². The molecular weight excluding hydrogens is 374 g/mol. The molecule has 3 aromatic rings. The van der Waals surface area contributed by atoms with Crippen molar-refractivity contribution in [1.29, 1.82) is 0 Å². The van der Waals surface area contributed by atoms with Gasteiger partial charge < -0.3 is 9.15 Å². The summed E-state index contributed by atoms with van der Waals surface area (Å²) >= 11 is 1.32. The molecule has 2 heterocycles. The third kappa shape index (κ3) is 4.14. The van der Waals surface area contributed by atoms with Crippen LogP contribution in [0.1, 0.15) is 37.7 Å². The van der Waals surface area contributed by atoms with Gasteiger partial charge >= 0.3 is 5.97 Å². The van der Waals surface area contributed by atoms with Crippen LogP contribution in [-0.4, -0.2) is 33.1 Å².